The Kier molecular flexibility index (Phi) is 4.44. The first kappa shape index (κ1) is 17.3. The highest BCUT2D eigenvalue weighted by molar-refractivity contribution is 5.98. The number of furan rings is 1. The molecule has 0 saturated heterocycles. The summed E-state index contributed by atoms with van der Waals surface area (Å²) in [6, 6.07) is 9.52. The molecule has 1 aliphatic rings. The molecule has 2 N–H and O–H groups in total. The summed E-state index contributed by atoms with van der Waals surface area (Å²) in [5.74, 6) is -0.248. The summed E-state index contributed by atoms with van der Waals surface area (Å²) in [6.07, 6.45) is 5.32. The summed E-state index contributed by atoms with van der Waals surface area (Å²) < 4.78 is 5.68. The Balaban J connectivity index is 1.52. The molecule has 3 aromatic rings. The fourth-order valence-corrected chi connectivity index (χ4v) is 3.74. The molecule has 0 unspecified atom stereocenters. The molecule has 27 heavy (non-hydrogen) atoms. The number of aryl methyl sites for hydroxylation is 3. The van der Waals surface area contributed by atoms with Gasteiger partial charge in [-0.3, -0.25) is 9.59 Å². The van der Waals surface area contributed by atoms with Crippen molar-refractivity contribution in [2.75, 3.05) is 12.4 Å². The molecule has 0 spiro atoms. The van der Waals surface area contributed by atoms with Gasteiger partial charge in [0.05, 0.1) is 12.7 Å². The molecule has 0 aliphatic heterocycles. The van der Waals surface area contributed by atoms with Crippen LogP contribution in [0.2, 0.25) is 0 Å². The largest absolute Gasteiger partial charge is 0.464 e. The van der Waals surface area contributed by atoms with Gasteiger partial charge in [-0.15, -0.1) is 0 Å². The Bertz CT molecular complexity index is 1050. The number of carbonyl (C=O) groups is 2. The van der Waals surface area contributed by atoms with Crippen molar-refractivity contribution in [3.8, 4) is 0 Å². The molecule has 1 aliphatic carbocycles. The molecule has 2 aromatic carbocycles. The molecule has 2 amide bonds. The SMILES string of the molecule is CNC(=O)c1ccc(NC(=O)Cc2coc3cc4c(cc23)CCC4)c(C)c1. The first-order valence-electron chi connectivity index (χ1n) is 9.19. The lowest BCUT2D eigenvalue weighted by Gasteiger charge is -2.10. The van der Waals surface area contributed by atoms with Gasteiger partial charge in [-0.25, -0.2) is 0 Å². The number of benzene rings is 2. The van der Waals surface area contributed by atoms with E-state index in [0.717, 1.165) is 34.9 Å². The van der Waals surface area contributed by atoms with Gasteiger partial charge in [0.15, 0.2) is 0 Å². The topological polar surface area (TPSA) is 71.3 Å². The molecule has 0 radical (unpaired) electrons. The van der Waals surface area contributed by atoms with Crippen LogP contribution >= 0.6 is 0 Å². The van der Waals surface area contributed by atoms with Gasteiger partial charge in [-0.05, 0) is 73.2 Å². The van der Waals surface area contributed by atoms with Gasteiger partial charge in [-0.2, -0.15) is 0 Å². The number of carbonyl (C=O) groups excluding carboxylic acids is 2. The molecule has 0 atom stereocenters. The van der Waals surface area contributed by atoms with Crippen LogP contribution in [-0.4, -0.2) is 18.9 Å². The maximum atomic E-state index is 12.6. The van der Waals surface area contributed by atoms with Crippen LogP contribution in [0.15, 0.2) is 41.0 Å². The molecule has 0 bridgehead atoms. The standard InChI is InChI=1S/C22H22N2O3/c1-13-8-16(22(26)23-2)6-7-19(13)24-21(25)11-17-12-27-20-10-15-5-3-4-14(15)9-18(17)20/h6-10,12H,3-5,11H2,1-2H3,(H,23,26)(H,24,25). The Hall–Kier alpha value is -3.08. The fraction of sp³-hybridized carbons (Fsp3) is 0.273. The van der Waals surface area contributed by atoms with E-state index in [1.165, 1.54) is 17.5 Å². The number of hydrogen-bond donors (Lipinski definition) is 2. The highest BCUT2D eigenvalue weighted by Gasteiger charge is 2.17. The predicted octanol–water partition coefficient (Wildman–Crippen LogP) is 3.77. The molecular formula is C22H22N2O3. The molecule has 1 aromatic heterocycles. The molecule has 5 heteroatoms. The molecular weight excluding hydrogens is 340 g/mol. The minimum Gasteiger partial charge on any atom is -0.464 e. The van der Waals surface area contributed by atoms with E-state index in [-0.39, 0.29) is 18.2 Å². The molecule has 4 rings (SSSR count). The molecule has 0 fully saturated rings. The van der Waals surface area contributed by atoms with E-state index < -0.39 is 0 Å². The summed E-state index contributed by atoms with van der Waals surface area (Å²) in [5, 5.41) is 6.56. The summed E-state index contributed by atoms with van der Waals surface area (Å²) in [7, 11) is 1.60. The van der Waals surface area contributed by atoms with Crippen molar-refractivity contribution in [3.05, 3.63) is 64.4 Å². The van der Waals surface area contributed by atoms with E-state index in [0.29, 0.717) is 11.3 Å². The van der Waals surface area contributed by atoms with Crippen LogP contribution in [0, 0.1) is 6.92 Å². The number of rotatable bonds is 4. The molecule has 1 heterocycles. The molecule has 5 nitrogen and oxygen atoms in total. The summed E-state index contributed by atoms with van der Waals surface area (Å²) >= 11 is 0. The van der Waals surface area contributed by atoms with Crippen LogP contribution in [0.1, 0.15) is 39.0 Å². The highest BCUT2D eigenvalue weighted by Crippen LogP contribution is 2.30. The van der Waals surface area contributed by atoms with Gasteiger partial charge >= 0.3 is 0 Å². The van der Waals surface area contributed by atoms with Crippen molar-refractivity contribution in [2.45, 2.75) is 32.6 Å². The lowest BCUT2D eigenvalue weighted by molar-refractivity contribution is -0.115. The van der Waals surface area contributed by atoms with Gasteiger partial charge in [0.2, 0.25) is 5.91 Å². The number of nitrogens with one attached hydrogen (secondary N) is 2. The smallest absolute Gasteiger partial charge is 0.251 e. The lowest BCUT2D eigenvalue weighted by Crippen LogP contribution is -2.19. The first-order valence-corrected chi connectivity index (χ1v) is 9.19. The zero-order valence-electron chi connectivity index (χ0n) is 15.5. The zero-order chi connectivity index (χ0) is 19.0. The number of fused-ring (bicyclic) bond motifs is 2. The van der Waals surface area contributed by atoms with Crippen LogP contribution in [0.3, 0.4) is 0 Å². The second-order valence-corrected chi connectivity index (χ2v) is 7.07. The minimum atomic E-state index is -0.145. The van der Waals surface area contributed by atoms with E-state index >= 15 is 0 Å². The Morgan fingerprint density at radius 2 is 1.89 bits per heavy atom. The average Bonchev–Trinajstić information content (AvgIpc) is 3.27. The third kappa shape index (κ3) is 3.33. The van der Waals surface area contributed by atoms with Crippen molar-refractivity contribution in [2.24, 2.45) is 0 Å². The monoisotopic (exact) mass is 362 g/mol. The van der Waals surface area contributed by atoms with E-state index in [9.17, 15) is 9.59 Å². The van der Waals surface area contributed by atoms with Crippen LogP contribution in [-0.2, 0) is 24.1 Å². The normalized spacial score (nSPS) is 12.8. The quantitative estimate of drug-likeness (QED) is 0.742. The summed E-state index contributed by atoms with van der Waals surface area (Å²) in [6.45, 7) is 1.87. The summed E-state index contributed by atoms with van der Waals surface area (Å²) in [4.78, 5) is 24.3. The Morgan fingerprint density at radius 1 is 1.11 bits per heavy atom. The Labute approximate surface area is 157 Å². The van der Waals surface area contributed by atoms with Crippen LogP contribution < -0.4 is 10.6 Å². The van der Waals surface area contributed by atoms with Gasteiger partial charge in [0, 0.05) is 29.2 Å². The van der Waals surface area contributed by atoms with Crippen molar-refractivity contribution in [1.29, 1.82) is 0 Å². The van der Waals surface area contributed by atoms with Crippen molar-refractivity contribution >= 4 is 28.5 Å². The third-order valence-electron chi connectivity index (χ3n) is 5.21. The second kappa shape index (κ2) is 6.91. The lowest BCUT2D eigenvalue weighted by atomic mass is 10.0. The third-order valence-corrected chi connectivity index (χ3v) is 5.21. The predicted molar refractivity (Wildman–Crippen MR) is 105 cm³/mol. The maximum Gasteiger partial charge on any atom is 0.251 e. The number of hydrogen-bond acceptors (Lipinski definition) is 3. The van der Waals surface area contributed by atoms with Crippen molar-refractivity contribution in [1.82, 2.24) is 5.32 Å². The first-order chi connectivity index (χ1) is 13.0. The van der Waals surface area contributed by atoms with E-state index in [2.05, 4.69) is 22.8 Å². The van der Waals surface area contributed by atoms with E-state index in [1.54, 1.807) is 31.5 Å². The Morgan fingerprint density at radius 3 is 2.63 bits per heavy atom. The van der Waals surface area contributed by atoms with Crippen molar-refractivity contribution in [3.63, 3.8) is 0 Å². The van der Waals surface area contributed by atoms with Gasteiger partial charge in [0.25, 0.3) is 5.91 Å². The summed E-state index contributed by atoms with van der Waals surface area (Å²) in [5.41, 5.74) is 6.61. The average molecular weight is 362 g/mol. The van der Waals surface area contributed by atoms with Gasteiger partial charge < -0.3 is 15.1 Å². The van der Waals surface area contributed by atoms with E-state index in [4.69, 9.17) is 4.42 Å². The van der Waals surface area contributed by atoms with E-state index in [1.807, 2.05) is 6.92 Å². The van der Waals surface area contributed by atoms with Crippen LogP contribution in [0.4, 0.5) is 5.69 Å². The second-order valence-electron chi connectivity index (χ2n) is 7.07. The number of anilines is 1. The molecule has 138 valence electrons. The van der Waals surface area contributed by atoms with Gasteiger partial charge in [-0.1, -0.05) is 0 Å². The highest BCUT2D eigenvalue weighted by atomic mass is 16.3. The van der Waals surface area contributed by atoms with Crippen LogP contribution in [0.25, 0.3) is 11.0 Å². The minimum absolute atomic E-state index is 0.103. The van der Waals surface area contributed by atoms with Gasteiger partial charge in [0.1, 0.15) is 5.58 Å². The number of amides is 2. The fourth-order valence-electron chi connectivity index (χ4n) is 3.74. The van der Waals surface area contributed by atoms with Crippen molar-refractivity contribution < 1.29 is 14.0 Å². The zero-order valence-corrected chi connectivity index (χ0v) is 15.5. The van der Waals surface area contributed by atoms with Crippen LogP contribution in [0.5, 0.6) is 0 Å². The molecule has 0 saturated carbocycles. The maximum absolute atomic E-state index is 12.6.